The molecule has 0 amide bonds. The fourth-order valence-electron chi connectivity index (χ4n) is 1.73. The van der Waals surface area contributed by atoms with Crippen LogP contribution in [0.3, 0.4) is 0 Å². The van der Waals surface area contributed by atoms with Crippen LogP contribution in [0.1, 0.15) is 12.8 Å². The maximum Gasteiger partial charge on any atom is 0.460 e. The molecule has 0 aromatic rings. The minimum Gasteiger partial charge on any atom is -0.293 e. The molecule has 0 spiro atoms. The van der Waals surface area contributed by atoms with Crippen molar-refractivity contribution in [3.8, 4) is 0 Å². The highest BCUT2D eigenvalue weighted by atomic mass is 19.4. The first-order valence-corrected chi connectivity index (χ1v) is 7.09. The number of Topliss-reactive ketones (excluding diaryl/α,β-unsaturated/α-hetero) is 1. The summed E-state index contributed by atoms with van der Waals surface area (Å²) in [6, 6.07) is 0. The van der Waals surface area contributed by atoms with Gasteiger partial charge < -0.3 is 0 Å². The Labute approximate surface area is 159 Å². The van der Waals surface area contributed by atoms with Gasteiger partial charge in [0.2, 0.25) is 5.78 Å². The van der Waals surface area contributed by atoms with Crippen molar-refractivity contribution >= 4 is 5.78 Å². The Kier molecular flexibility index (Phi) is 7.23. The zero-order chi connectivity index (χ0) is 25.7. The standard InChI is InChI=1S/C13H7F17O/c1-2-3-4-5(31)6(14,15)7(16,17)8(18,19)9(20,21)10(22,23)11(24,25)12(26,27)13(28,29)30/h2H,1,3-4H2. The number of carbonyl (C=O) groups is 1. The highest BCUT2D eigenvalue weighted by Gasteiger charge is 2.95. The number of hydrogen-bond donors (Lipinski definition) is 0. The minimum absolute atomic E-state index is 0.535. The molecule has 0 aliphatic rings. The third-order valence-corrected chi connectivity index (χ3v) is 3.65. The van der Waals surface area contributed by atoms with E-state index >= 15 is 0 Å². The Morgan fingerprint density at radius 1 is 0.548 bits per heavy atom. The van der Waals surface area contributed by atoms with Crippen LogP contribution in [0.5, 0.6) is 0 Å². The van der Waals surface area contributed by atoms with Gasteiger partial charge in [0.1, 0.15) is 0 Å². The lowest BCUT2D eigenvalue weighted by molar-refractivity contribution is -0.459. The van der Waals surface area contributed by atoms with Gasteiger partial charge in [-0.1, -0.05) is 6.08 Å². The molecule has 1 nitrogen and oxygen atoms in total. The molecule has 0 saturated carbocycles. The smallest absolute Gasteiger partial charge is 0.293 e. The fourth-order valence-corrected chi connectivity index (χ4v) is 1.73. The van der Waals surface area contributed by atoms with E-state index in [-0.39, 0.29) is 0 Å². The molecule has 31 heavy (non-hydrogen) atoms. The van der Waals surface area contributed by atoms with Crippen LogP contribution in [0.4, 0.5) is 74.6 Å². The first-order valence-electron chi connectivity index (χ1n) is 7.09. The van der Waals surface area contributed by atoms with E-state index in [1.165, 1.54) is 0 Å². The van der Waals surface area contributed by atoms with Gasteiger partial charge in [-0.15, -0.1) is 6.58 Å². The largest absolute Gasteiger partial charge is 0.460 e. The Morgan fingerprint density at radius 3 is 1.13 bits per heavy atom. The summed E-state index contributed by atoms with van der Waals surface area (Å²) >= 11 is 0. The molecule has 0 N–H and O–H groups in total. The van der Waals surface area contributed by atoms with Crippen LogP contribution < -0.4 is 0 Å². The predicted molar refractivity (Wildman–Crippen MR) is 65.1 cm³/mol. The first-order chi connectivity index (χ1) is 13.2. The van der Waals surface area contributed by atoms with Crippen molar-refractivity contribution in [2.24, 2.45) is 0 Å². The number of alkyl halides is 17. The lowest BCUT2D eigenvalue weighted by atomic mass is 9.87. The number of allylic oxidation sites excluding steroid dienone is 1. The number of ketones is 1. The van der Waals surface area contributed by atoms with Gasteiger partial charge in [0, 0.05) is 6.42 Å². The molecule has 0 unspecified atom stereocenters. The summed E-state index contributed by atoms with van der Waals surface area (Å²) in [4.78, 5) is 10.9. The second-order valence-electron chi connectivity index (χ2n) is 5.77. The van der Waals surface area contributed by atoms with Crippen LogP contribution in [0.2, 0.25) is 0 Å². The van der Waals surface area contributed by atoms with Crippen molar-refractivity contribution < 1.29 is 79.4 Å². The topological polar surface area (TPSA) is 17.1 Å². The predicted octanol–water partition coefficient (Wildman–Crippen LogP) is 6.53. The van der Waals surface area contributed by atoms with Crippen molar-refractivity contribution in [2.75, 3.05) is 0 Å². The normalized spacial score (nSPS) is 15.8. The molecule has 0 fully saturated rings. The molecule has 0 atom stereocenters. The average molecular weight is 502 g/mol. The average Bonchev–Trinajstić information content (AvgIpc) is 2.57. The minimum atomic E-state index is -8.70. The molecule has 0 radical (unpaired) electrons. The van der Waals surface area contributed by atoms with Crippen LogP contribution in [-0.4, -0.2) is 53.4 Å². The maximum atomic E-state index is 13.4. The summed E-state index contributed by atoms with van der Waals surface area (Å²) in [5.74, 6) is -60.9. The lowest BCUT2D eigenvalue weighted by Gasteiger charge is -2.42. The van der Waals surface area contributed by atoms with E-state index in [4.69, 9.17) is 0 Å². The van der Waals surface area contributed by atoms with Gasteiger partial charge in [0.25, 0.3) is 0 Å². The van der Waals surface area contributed by atoms with E-state index in [1.54, 1.807) is 0 Å². The first kappa shape index (κ1) is 29.2. The van der Waals surface area contributed by atoms with Gasteiger partial charge >= 0.3 is 47.6 Å². The Bertz CT molecular complexity index is 687. The summed E-state index contributed by atoms with van der Waals surface area (Å²) in [7, 11) is 0. The van der Waals surface area contributed by atoms with Gasteiger partial charge in [-0.2, -0.15) is 74.6 Å². The van der Waals surface area contributed by atoms with Crippen molar-refractivity contribution in [3.05, 3.63) is 12.7 Å². The van der Waals surface area contributed by atoms with Crippen molar-refractivity contribution in [1.82, 2.24) is 0 Å². The van der Waals surface area contributed by atoms with Crippen molar-refractivity contribution in [3.63, 3.8) is 0 Å². The third-order valence-electron chi connectivity index (χ3n) is 3.65. The van der Waals surface area contributed by atoms with Crippen LogP contribution in [0.25, 0.3) is 0 Å². The highest BCUT2D eigenvalue weighted by Crippen LogP contribution is 2.64. The molecule has 0 aliphatic heterocycles. The molecule has 0 heterocycles. The summed E-state index contributed by atoms with van der Waals surface area (Å²) in [5, 5.41) is 0. The maximum absolute atomic E-state index is 13.4. The van der Waals surface area contributed by atoms with Crippen LogP contribution in [0.15, 0.2) is 12.7 Å². The highest BCUT2D eigenvalue weighted by molar-refractivity contribution is 5.87. The molecule has 184 valence electrons. The van der Waals surface area contributed by atoms with Gasteiger partial charge in [-0.3, -0.25) is 4.79 Å². The Balaban J connectivity index is 6.69. The molecule has 18 heteroatoms. The van der Waals surface area contributed by atoms with E-state index in [1.807, 2.05) is 0 Å². The fraction of sp³-hybridized carbons (Fsp3) is 0.769. The molecule has 0 bridgehead atoms. The molecule has 0 aromatic carbocycles. The quantitative estimate of drug-likeness (QED) is 0.245. The van der Waals surface area contributed by atoms with Crippen LogP contribution in [0, 0.1) is 0 Å². The van der Waals surface area contributed by atoms with Crippen molar-refractivity contribution in [2.45, 2.75) is 60.5 Å². The number of rotatable bonds is 10. The van der Waals surface area contributed by atoms with Gasteiger partial charge in [0.15, 0.2) is 0 Å². The molecule has 0 saturated heterocycles. The molecule has 0 aromatic heterocycles. The van der Waals surface area contributed by atoms with Crippen LogP contribution in [-0.2, 0) is 4.79 Å². The van der Waals surface area contributed by atoms with E-state index in [0.29, 0.717) is 6.08 Å². The summed E-state index contributed by atoms with van der Waals surface area (Å²) < 4.78 is 220. The van der Waals surface area contributed by atoms with E-state index in [2.05, 4.69) is 6.58 Å². The summed E-state index contributed by atoms with van der Waals surface area (Å²) in [6.45, 7) is 2.77. The zero-order valence-corrected chi connectivity index (χ0v) is 14.0. The third kappa shape index (κ3) is 3.82. The Morgan fingerprint density at radius 2 is 0.839 bits per heavy atom. The van der Waals surface area contributed by atoms with Gasteiger partial charge in [-0.05, 0) is 6.42 Å². The Hall–Kier alpha value is -1.78. The van der Waals surface area contributed by atoms with Crippen molar-refractivity contribution in [1.29, 1.82) is 0 Å². The number of hydrogen-bond acceptors (Lipinski definition) is 1. The lowest BCUT2D eigenvalue weighted by Crippen LogP contribution is -2.75. The molecule has 0 rings (SSSR count). The van der Waals surface area contributed by atoms with E-state index < -0.39 is 66.3 Å². The van der Waals surface area contributed by atoms with E-state index in [0.717, 1.165) is 0 Å². The molecule has 0 aliphatic carbocycles. The van der Waals surface area contributed by atoms with Crippen LogP contribution >= 0.6 is 0 Å². The zero-order valence-electron chi connectivity index (χ0n) is 14.0. The second kappa shape index (κ2) is 7.67. The van der Waals surface area contributed by atoms with Gasteiger partial charge in [-0.25, -0.2) is 0 Å². The molecular weight excluding hydrogens is 495 g/mol. The summed E-state index contributed by atoms with van der Waals surface area (Å²) in [6.07, 6.45) is -10.1. The molecular formula is C13H7F17O. The summed E-state index contributed by atoms with van der Waals surface area (Å²) in [5.41, 5.74) is 0. The second-order valence-corrected chi connectivity index (χ2v) is 5.77. The monoisotopic (exact) mass is 502 g/mol. The SMILES string of the molecule is C=CCCC(=O)C(F)(F)C(F)(F)C(F)(F)C(F)(F)C(F)(F)C(F)(F)C(F)(F)C(F)(F)F. The number of halogens is 17. The number of carbonyl (C=O) groups excluding carboxylic acids is 1. The van der Waals surface area contributed by atoms with E-state index in [9.17, 15) is 79.4 Å². The van der Waals surface area contributed by atoms with Gasteiger partial charge in [0.05, 0.1) is 0 Å².